The molecular formula is C28H39N7O3S. The Bertz CT molecular complexity index is 1350. The fourth-order valence-corrected chi connectivity index (χ4v) is 6.06. The van der Waals surface area contributed by atoms with Gasteiger partial charge in [-0.3, -0.25) is 4.90 Å². The number of para-hydroxylation sites is 1. The van der Waals surface area contributed by atoms with E-state index in [0.717, 1.165) is 37.6 Å². The summed E-state index contributed by atoms with van der Waals surface area (Å²) in [7, 11) is -1.85. The maximum absolute atomic E-state index is 12.8. The number of piperazine rings is 1. The lowest BCUT2D eigenvalue weighted by Gasteiger charge is -2.40. The van der Waals surface area contributed by atoms with Gasteiger partial charge in [0.25, 0.3) is 0 Å². The molecule has 0 atom stereocenters. The summed E-state index contributed by atoms with van der Waals surface area (Å²) in [5, 5.41) is 5.69. The van der Waals surface area contributed by atoms with Crippen LogP contribution in [0.5, 0.6) is 5.75 Å². The molecule has 0 spiro atoms. The monoisotopic (exact) mass is 553 g/mol. The Morgan fingerprint density at radius 2 is 1.56 bits per heavy atom. The van der Waals surface area contributed by atoms with E-state index in [9.17, 15) is 8.42 Å². The van der Waals surface area contributed by atoms with Gasteiger partial charge in [-0.2, -0.15) is 4.98 Å². The second kappa shape index (κ2) is 12.6. The summed E-state index contributed by atoms with van der Waals surface area (Å²) in [6.45, 7) is 11.9. The quantitative estimate of drug-likeness (QED) is 0.341. The maximum atomic E-state index is 12.8. The van der Waals surface area contributed by atoms with Crippen LogP contribution >= 0.6 is 0 Å². The highest BCUT2D eigenvalue weighted by Gasteiger charge is 2.24. The third kappa shape index (κ3) is 6.59. The van der Waals surface area contributed by atoms with Gasteiger partial charge in [0.2, 0.25) is 11.9 Å². The smallest absolute Gasteiger partial charge is 0.232 e. The molecule has 0 saturated carbocycles. The highest BCUT2D eigenvalue weighted by molar-refractivity contribution is 7.92. The molecule has 2 aromatic carbocycles. The zero-order valence-corrected chi connectivity index (χ0v) is 24.2. The van der Waals surface area contributed by atoms with Crippen molar-refractivity contribution in [3.8, 4) is 5.75 Å². The summed E-state index contributed by atoms with van der Waals surface area (Å²) in [4.78, 5) is 18.1. The summed E-state index contributed by atoms with van der Waals surface area (Å²) >= 11 is 0. The number of nitrogens with zero attached hydrogens (tertiary/aromatic N) is 5. The molecule has 39 heavy (non-hydrogen) atoms. The Morgan fingerprint density at radius 1 is 0.923 bits per heavy atom. The van der Waals surface area contributed by atoms with Crippen LogP contribution in [0.15, 0.2) is 53.7 Å². The van der Waals surface area contributed by atoms with Crippen LogP contribution in [0.3, 0.4) is 0 Å². The predicted molar refractivity (Wildman–Crippen MR) is 156 cm³/mol. The van der Waals surface area contributed by atoms with Gasteiger partial charge in [0, 0.05) is 44.0 Å². The molecule has 1 aliphatic heterocycles. The fraction of sp³-hybridized carbons (Fsp3) is 0.464. The fourth-order valence-electron chi connectivity index (χ4n) is 4.86. The van der Waals surface area contributed by atoms with E-state index < -0.39 is 15.1 Å². The minimum Gasteiger partial charge on any atom is -0.494 e. The Hall–Kier alpha value is -3.44. The Morgan fingerprint density at radius 3 is 2.18 bits per heavy atom. The molecule has 1 aliphatic rings. The van der Waals surface area contributed by atoms with Crippen molar-refractivity contribution in [1.29, 1.82) is 0 Å². The summed E-state index contributed by atoms with van der Waals surface area (Å²) in [5.41, 5.74) is 2.24. The maximum Gasteiger partial charge on any atom is 0.232 e. The third-order valence-electron chi connectivity index (χ3n) is 7.20. The molecule has 1 aromatic heterocycles. The number of hydrogen-bond acceptors (Lipinski definition) is 10. The summed E-state index contributed by atoms with van der Waals surface area (Å²) in [5.74, 6) is 1.21. The van der Waals surface area contributed by atoms with Gasteiger partial charge in [0.15, 0.2) is 9.84 Å². The Labute approximate surface area is 231 Å². The van der Waals surface area contributed by atoms with E-state index in [1.807, 2.05) is 12.1 Å². The number of nitrogens with one attached hydrogen (secondary N) is 2. The molecule has 0 bridgehead atoms. The van der Waals surface area contributed by atoms with Crippen molar-refractivity contribution < 1.29 is 13.2 Å². The molecule has 2 heterocycles. The molecule has 10 nitrogen and oxygen atoms in total. The van der Waals surface area contributed by atoms with Gasteiger partial charge in [-0.25, -0.2) is 18.4 Å². The largest absolute Gasteiger partial charge is 0.494 e. The van der Waals surface area contributed by atoms with Crippen molar-refractivity contribution in [2.75, 3.05) is 48.8 Å². The van der Waals surface area contributed by atoms with E-state index in [-0.39, 0.29) is 10.8 Å². The van der Waals surface area contributed by atoms with E-state index in [4.69, 9.17) is 4.74 Å². The molecule has 0 aliphatic carbocycles. The number of hydrogen-bond donors (Lipinski definition) is 2. The molecule has 210 valence electrons. The van der Waals surface area contributed by atoms with Crippen LogP contribution in [-0.4, -0.2) is 72.9 Å². The van der Waals surface area contributed by atoms with Crippen LogP contribution in [0.1, 0.15) is 40.5 Å². The zero-order valence-electron chi connectivity index (χ0n) is 23.4. The lowest BCUT2D eigenvalue weighted by atomic mass is 10.1. The minimum absolute atomic E-state index is 0.202. The van der Waals surface area contributed by atoms with E-state index in [1.165, 1.54) is 19.2 Å². The molecule has 3 aromatic rings. The molecule has 1 fully saturated rings. The number of methoxy groups -OCH3 is 1. The van der Waals surface area contributed by atoms with Crippen molar-refractivity contribution in [2.24, 2.45) is 0 Å². The first-order valence-corrected chi connectivity index (χ1v) is 15.0. The Balaban J connectivity index is 1.48. The molecular weight excluding hydrogens is 514 g/mol. The molecule has 11 heteroatoms. The van der Waals surface area contributed by atoms with Crippen LogP contribution < -0.4 is 20.3 Å². The molecule has 0 unspecified atom stereocenters. The van der Waals surface area contributed by atoms with Gasteiger partial charge < -0.3 is 20.3 Å². The average molecular weight is 554 g/mol. The number of benzene rings is 2. The van der Waals surface area contributed by atoms with E-state index in [2.05, 4.69) is 55.3 Å². The number of anilines is 5. The lowest BCUT2D eigenvalue weighted by Crippen LogP contribution is -2.50. The van der Waals surface area contributed by atoms with Crippen molar-refractivity contribution in [2.45, 2.75) is 56.7 Å². The van der Waals surface area contributed by atoms with Crippen LogP contribution in [0.2, 0.25) is 0 Å². The summed E-state index contributed by atoms with van der Waals surface area (Å²) < 4.78 is 31.3. The van der Waals surface area contributed by atoms with Gasteiger partial charge in [-0.1, -0.05) is 26.0 Å². The first-order valence-electron chi connectivity index (χ1n) is 13.5. The van der Waals surface area contributed by atoms with Crippen LogP contribution in [-0.2, 0) is 9.84 Å². The highest BCUT2D eigenvalue weighted by Crippen LogP contribution is 2.32. The molecule has 1 saturated heterocycles. The average Bonchev–Trinajstić information content (AvgIpc) is 2.94. The number of rotatable bonds is 11. The molecule has 0 amide bonds. The van der Waals surface area contributed by atoms with Gasteiger partial charge >= 0.3 is 0 Å². The van der Waals surface area contributed by atoms with Crippen molar-refractivity contribution in [1.82, 2.24) is 19.9 Å². The first kappa shape index (κ1) is 28.6. The molecule has 2 N–H and O–H groups in total. The summed E-state index contributed by atoms with van der Waals surface area (Å²) in [6.07, 6.45) is 3.74. The third-order valence-corrected chi connectivity index (χ3v) is 9.41. The topological polar surface area (TPSA) is 113 Å². The highest BCUT2D eigenvalue weighted by atomic mass is 32.2. The van der Waals surface area contributed by atoms with E-state index in [1.54, 1.807) is 45.2 Å². The van der Waals surface area contributed by atoms with Gasteiger partial charge in [0.1, 0.15) is 12.1 Å². The number of aromatic nitrogens is 3. The van der Waals surface area contributed by atoms with E-state index in [0.29, 0.717) is 23.4 Å². The number of ether oxygens (including phenoxy) is 1. The minimum atomic E-state index is -3.49. The summed E-state index contributed by atoms with van der Waals surface area (Å²) in [6, 6.07) is 13.5. The van der Waals surface area contributed by atoms with Gasteiger partial charge in [-0.05, 0) is 51.0 Å². The van der Waals surface area contributed by atoms with E-state index >= 15 is 0 Å². The van der Waals surface area contributed by atoms with Crippen LogP contribution in [0, 0.1) is 0 Å². The molecule has 4 rings (SSSR count). The Kier molecular flexibility index (Phi) is 9.24. The van der Waals surface area contributed by atoms with Crippen molar-refractivity contribution >= 4 is 38.8 Å². The normalized spacial score (nSPS) is 14.6. The van der Waals surface area contributed by atoms with Crippen molar-refractivity contribution in [3.63, 3.8) is 0 Å². The van der Waals surface area contributed by atoms with Crippen molar-refractivity contribution in [3.05, 3.63) is 48.8 Å². The number of sulfone groups is 1. The standard InChI is InChI=1S/C28H39N7O3S/c1-6-21(7-2)34-14-16-35(17-15-34)22-12-13-23(25(18-22)38-5)31-27-29-19-30-28(33-27)32-24-10-8-9-11-26(24)39(36,37)20(3)4/h8-13,18-21H,6-7,14-17H2,1-5H3,(H2,29,30,31,32,33). The van der Waals surface area contributed by atoms with Gasteiger partial charge in [0.05, 0.1) is 28.6 Å². The molecule has 0 radical (unpaired) electrons. The lowest BCUT2D eigenvalue weighted by molar-refractivity contribution is 0.175. The SMILES string of the molecule is CCC(CC)N1CCN(c2ccc(Nc3ncnc(Nc4ccccc4S(=O)(=O)C(C)C)n3)c(OC)c2)CC1. The second-order valence-corrected chi connectivity index (χ2v) is 12.3. The second-order valence-electron chi connectivity index (χ2n) is 9.85. The first-order chi connectivity index (χ1) is 18.8. The van der Waals surface area contributed by atoms with Crippen LogP contribution in [0.4, 0.5) is 29.0 Å². The zero-order chi connectivity index (χ0) is 28.0. The van der Waals surface area contributed by atoms with Gasteiger partial charge in [-0.15, -0.1) is 0 Å². The predicted octanol–water partition coefficient (Wildman–Crippen LogP) is 4.86. The van der Waals surface area contributed by atoms with Crippen LogP contribution in [0.25, 0.3) is 0 Å².